The lowest BCUT2D eigenvalue weighted by atomic mass is 9.74. The van der Waals surface area contributed by atoms with Gasteiger partial charge in [-0.1, -0.05) is 12.1 Å². The van der Waals surface area contributed by atoms with Gasteiger partial charge in [0.15, 0.2) is 5.96 Å². The standard InChI is InChI=1S/C22H32FN3O3/c1-3-29-20(27)17-5-4-12-26(15-17)21(24-2)25-16-22(10-13-28-14-11-22)18-6-8-19(23)9-7-18/h6-9,17H,3-5,10-16H2,1-2H3,(H,24,25). The van der Waals surface area contributed by atoms with E-state index < -0.39 is 0 Å². The van der Waals surface area contributed by atoms with E-state index in [9.17, 15) is 9.18 Å². The molecule has 0 aromatic heterocycles. The van der Waals surface area contributed by atoms with Gasteiger partial charge in [-0.2, -0.15) is 0 Å². The van der Waals surface area contributed by atoms with Crippen molar-refractivity contribution in [2.45, 2.75) is 38.0 Å². The first-order chi connectivity index (χ1) is 14.1. The molecular weight excluding hydrogens is 373 g/mol. The molecule has 0 amide bonds. The maximum absolute atomic E-state index is 13.4. The van der Waals surface area contributed by atoms with E-state index in [1.165, 1.54) is 12.1 Å². The zero-order chi connectivity index (χ0) is 20.7. The lowest BCUT2D eigenvalue weighted by Crippen LogP contribution is -2.52. The summed E-state index contributed by atoms with van der Waals surface area (Å²) in [5.41, 5.74) is 0.992. The quantitative estimate of drug-likeness (QED) is 0.464. The van der Waals surface area contributed by atoms with Gasteiger partial charge in [-0.15, -0.1) is 0 Å². The number of benzene rings is 1. The molecule has 1 atom stereocenters. The van der Waals surface area contributed by atoms with E-state index in [0.29, 0.717) is 32.9 Å². The second kappa shape index (κ2) is 10.1. The fourth-order valence-electron chi connectivity index (χ4n) is 4.34. The zero-order valence-corrected chi connectivity index (χ0v) is 17.5. The number of nitrogens with one attached hydrogen (secondary N) is 1. The smallest absolute Gasteiger partial charge is 0.310 e. The topological polar surface area (TPSA) is 63.2 Å². The van der Waals surface area contributed by atoms with Gasteiger partial charge in [0.2, 0.25) is 0 Å². The van der Waals surface area contributed by atoms with Gasteiger partial charge in [0.25, 0.3) is 0 Å². The van der Waals surface area contributed by atoms with Crippen LogP contribution in [0, 0.1) is 11.7 Å². The van der Waals surface area contributed by atoms with Gasteiger partial charge in [-0.3, -0.25) is 9.79 Å². The number of rotatable bonds is 5. The average Bonchev–Trinajstić information content (AvgIpc) is 2.76. The third-order valence-corrected chi connectivity index (χ3v) is 6.04. The lowest BCUT2D eigenvalue weighted by Gasteiger charge is -2.40. The van der Waals surface area contributed by atoms with Crippen molar-refractivity contribution in [2.75, 3.05) is 46.5 Å². The fraction of sp³-hybridized carbons (Fsp3) is 0.636. The molecule has 2 heterocycles. The van der Waals surface area contributed by atoms with Crippen molar-refractivity contribution in [1.82, 2.24) is 10.2 Å². The molecule has 1 aromatic carbocycles. The minimum Gasteiger partial charge on any atom is -0.466 e. The number of esters is 1. The number of carbonyl (C=O) groups is 1. The molecule has 3 rings (SSSR count). The van der Waals surface area contributed by atoms with Gasteiger partial charge < -0.3 is 19.7 Å². The molecular formula is C22H32FN3O3. The highest BCUT2D eigenvalue weighted by Crippen LogP contribution is 2.34. The van der Waals surface area contributed by atoms with Gasteiger partial charge in [-0.05, 0) is 50.3 Å². The van der Waals surface area contributed by atoms with Crippen LogP contribution in [0.1, 0.15) is 38.2 Å². The molecule has 160 valence electrons. The van der Waals surface area contributed by atoms with Crippen LogP contribution in [0.5, 0.6) is 0 Å². The van der Waals surface area contributed by atoms with E-state index in [4.69, 9.17) is 9.47 Å². The number of carbonyl (C=O) groups excluding carboxylic acids is 1. The summed E-state index contributed by atoms with van der Waals surface area (Å²) >= 11 is 0. The summed E-state index contributed by atoms with van der Waals surface area (Å²) < 4.78 is 24.2. The van der Waals surface area contributed by atoms with E-state index in [1.54, 1.807) is 7.05 Å². The molecule has 2 aliphatic heterocycles. The Labute approximate surface area is 172 Å². The molecule has 0 bridgehead atoms. The van der Waals surface area contributed by atoms with Crippen LogP contribution in [0.25, 0.3) is 0 Å². The minimum atomic E-state index is -0.224. The Morgan fingerprint density at radius 1 is 1.34 bits per heavy atom. The second-order valence-corrected chi connectivity index (χ2v) is 7.84. The lowest BCUT2D eigenvalue weighted by molar-refractivity contribution is -0.149. The average molecular weight is 406 g/mol. The summed E-state index contributed by atoms with van der Waals surface area (Å²) in [4.78, 5) is 18.8. The Balaban J connectivity index is 1.69. The maximum Gasteiger partial charge on any atom is 0.310 e. The van der Waals surface area contributed by atoms with E-state index in [2.05, 4.69) is 15.2 Å². The predicted octanol–water partition coefficient (Wildman–Crippen LogP) is 2.72. The van der Waals surface area contributed by atoms with E-state index in [-0.39, 0.29) is 23.1 Å². The molecule has 0 aliphatic carbocycles. The fourth-order valence-corrected chi connectivity index (χ4v) is 4.34. The van der Waals surface area contributed by atoms with E-state index >= 15 is 0 Å². The highest BCUT2D eigenvalue weighted by Gasteiger charge is 2.36. The highest BCUT2D eigenvalue weighted by atomic mass is 19.1. The number of likely N-dealkylation sites (tertiary alicyclic amines) is 1. The van der Waals surface area contributed by atoms with Crippen molar-refractivity contribution >= 4 is 11.9 Å². The Kier molecular flexibility index (Phi) is 7.47. The van der Waals surface area contributed by atoms with Gasteiger partial charge >= 0.3 is 5.97 Å². The van der Waals surface area contributed by atoms with Crippen molar-refractivity contribution in [2.24, 2.45) is 10.9 Å². The van der Waals surface area contributed by atoms with Crippen LogP contribution in [0.15, 0.2) is 29.3 Å². The Morgan fingerprint density at radius 2 is 2.07 bits per heavy atom. The van der Waals surface area contributed by atoms with Crippen molar-refractivity contribution in [3.8, 4) is 0 Å². The van der Waals surface area contributed by atoms with Crippen molar-refractivity contribution in [1.29, 1.82) is 0 Å². The molecule has 0 spiro atoms. The minimum absolute atomic E-state index is 0.114. The van der Waals surface area contributed by atoms with Crippen LogP contribution in [0.2, 0.25) is 0 Å². The molecule has 1 aromatic rings. The number of nitrogens with zero attached hydrogens (tertiary/aromatic N) is 2. The normalized spacial score (nSPS) is 22.2. The van der Waals surface area contributed by atoms with Crippen LogP contribution in [-0.4, -0.2) is 63.3 Å². The van der Waals surface area contributed by atoms with Crippen molar-refractivity contribution < 1.29 is 18.7 Å². The summed E-state index contributed by atoms with van der Waals surface area (Å²) in [6, 6.07) is 6.80. The zero-order valence-electron chi connectivity index (χ0n) is 17.5. The monoisotopic (exact) mass is 405 g/mol. The molecule has 0 radical (unpaired) electrons. The number of ether oxygens (including phenoxy) is 2. The maximum atomic E-state index is 13.4. The largest absolute Gasteiger partial charge is 0.466 e. The predicted molar refractivity (Wildman–Crippen MR) is 110 cm³/mol. The SMILES string of the molecule is CCOC(=O)C1CCCN(C(=NC)NCC2(c3ccc(F)cc3)CCOCC2)C1. The first kappa shape index (κ1) is 21.6. The van der Waals surface area contributed by atoms with Crippen LogP contribution in [0.3, 0.4) is 0 Å². The molecule has 1 N–H and O–H groups in total. The van der Waals surface area contributed by atoms with Crippen LogP contribution in [0.4, 0.5) is 4.39 Å². The Bertz CT molecular complexity index is 702. The molecule has 6 nitrogen and oxygen atoms in total. The number of guanidine groups is 1. The molecule has 2 aliphatic rings. The van der Waals surface area contributed by atoms with Crippen molar-refractivity contribution in [3.05, 3.63) is 35.6 Å². The third-order valence-electron chi connectivity index (χ3n) is 6.04. The molecule has 2 fully saturated rings. The molecule has 29 heavy (non-hydrogen) atoms. The summed E-state index contributed by atoms with van der Waals surface area (Å²) in [5.74, 6) is 0.335. The summed E-state index contributed by atoms with van der Waals surface area (Å²) in [5, 5.41) is 3.53. The van der Waals surface area contributed by atoms with E-state index in [0.717, 1.165) is 43.8 Å². The Hall–Kier alpha value is -2.15. The molecule has 2 saturated heterocycles. The van der Waals surface area contributed by atoms with E-state index in [1.807, 2.05) is 19.1 Å². The Morgan fingerprint density at radius 3 is 2.72 bits per heavy atom. The first-order valence-electron chi connectivity index (χ1n) is 10.5. The first-order valence-corrected chi connectivity index (χ1v) is 10.5. The summed E-state index contributed by atoms with van der Waals surface area (Å²) in [6.45, 7) is 5.79. The van der Waals surface area contributed by atoms with Gasteiger partial charge in [0.1, 0.15) is 5.82 Å². The number of hydrogen-bond acceptors (Lipinski definition) is 4. The van der Waals surface area contributed by atoms with Gasteiger partial charge in [-0.25, -0.2) is 4.39 Å². The molecule has 0 saturated carbocycles. The summed E-state index contributed by atoms with van der Waals surface area (Å²) in [7, 11) is 1.77. The van der Waals surface area contributed by atoms with Crippen LogP contribution >= 0.6 is 0 Å². The van der Waals surface area contributed by atoms with Crippen LogP contribution in [-0.2, 0) is 19.7 Å². The number of aliphatic imine (C=N–C) groups is 1. The van der Waals surface area contributed by atoms with Crippen LogP contribution < -0.4 is 5.32 Å². The number of halogens is 1. The molecule has 1 unspecified atom stereocenters. The number of piperidine rings is 1. The van der Waals surface area contributed by atoms with Gasteiger partial charge in [0, 0.05) is 45.3 Å². The molecule has 7 heteroatoms. The number of hydrogen-bond donors (Lipinski definition) is 1. The van der Waals surface area contributed by atoms with Gasteiger partial charge in [0.05, 0.1) is 12.5 Å². The second-order valence-electron chi connectivity index (χ2n) is 7.84. The third kappa shape index (κ3) is 5.26. The summed E-state index contributed by atoms with van der Waals surface area (Å²) in [6.07, 6.45) is 3.52. The highest BCUT2D eigenvalue weighted by molar-refractivity contribution is 5.81. The van der Waals surface area contributed by atoms with Crippen molar-refractivity contribution in [3.63, 3.8) is 0 Å².